The van der Waals surface area contributed by atoms with Crippen LogP contribution in [0.5, 0.6) is 0 Å². The summed E-state index contributed by atoms with van der Waals surface area (Å²) in [4.78, 5) is 14.3. The largest absolute Gasteiger partial charge is 0.337 e. The van der Waals surface area contributed by atoms with E-state index < -0.39 is 0 Å². The van der Waals surface area contributed by atoms with E-state index in [2.05, 4.69) is 25.2 Å². The number of likely N-dealkylation sites (N-methyl/N-ethyl adjacent to an activating group) is 1. The predicted molar refractivity (Wildman–Crippen MR) is 73.9 cm³/mol. The lowest BCUT2D eigenvalue weighted by atomic mass is 10.0. The molecular weight excluding hydrogens is 224 g/mol. The second kappa shape index (κ2) is 5.53. The molecule has 1 atom stereocenters. The number of nitrogens with zero attached hydrogens (tertiary/aromatic N) is 1. The van der Waals surface area contributed by atoms with Crippen molar-refractivity contribution >= 4 is 5.91 Å². The summed E-state index contributed by atoms with van der Waals surface area (Å²) in [7, 11) is 1.90. The van der Waals surface area contributed by atoms with E-state index in [0.717, 1.165) is 25.1 Å². The third-order valence-corrected chi connectivity index (χ3v) is 3.70. The van der Waals surface area contributed by atoms with Gasteiger partial charge in [0, 0.05) is 25.2 Å². The molecule has 1 aliphatic heterocycles. The van der Waals surface area contributed by atoms with Crippen molar-refractivity contribution in [3.05, 3.63) is 35.4 Å². The topological polar surface area (TPSA) is 32.3 Å². The van der Waals surface area contributed by atoms with Gasteiger partial charge in [-0.2, -0.15) is 0 Å². The molecule has 3 heteroatoms. The quantitative estimate of drug-likeness (QED) is 0.887. The highest BCUT2D eigenvalue weighted by Gasteiger charge is 2.24. The van der Waals surface area contributed by atoms with Crippen molar-refractivity contribution < 1.29 is 4.79 Å². The summed E-state index contributed by atoms with van der Waals surface area (Å²) in [5, 5.41) is 3.30. The van der Waals surface area contributed by atoms with Crippen LogP contribution in [-0.2, 0) is 0 Å². The number of benzene rings is 1. The van der Waals surface area contributed by atoms with Crippen LogP contribution in [0.4, 0.5) is 0 Å². The van der Waals surface area contributed by atoms with Gasteiger partial charge in [0.2, 0.25) is 0 Å². The van der Waals surface area contributed by atoms with E-state index in [-0.39, 0.29) is 5.91 Å². The zero-order valence-corrected chi connectivity index (χ0v) is 11.4. The van der Waals surface area contributed by atoms with Crippen LogP contribution in [0, 0.1) is 0 Å². The van der Waals surface area contributed by atoms with E-state index >= 15 is 0 Å². The van der Waals surface area contributed by atoms with Crippen LogP contribution in [0.3, 0.4) is 0 Å². The average molecular weight is 246 g/mol. The van der Waals surface area contributed by atoms with Gasteiger partial charge in [0.25, 0.3) is 5.91 Å². The van der Waals surface area contributed by atoms with Crippen LogP contribution in [0.15, 0.2) is 24.3 Å². The molecule has 0 spiro atoms. The molecule has 1 aromatic carbocycles. The fourth-order valence-electron chi connectivity index (χ4n) is 2.37. The summed E-state index contributed by atoms with van der Waals surface area (Å²) in [6.45, 7) is 6.21. The maximum Gasteiger partial charge on any atom is 0.253 e. The zero-order valence-electron chi connectivity index (χ0n) is 11.4. The van der Waals surface area contributed by atoms with Gasteiger partial charge in [0.15, 0.2) is 0 Å². The van der Waals surface area contributed by atoms with Gasteiger partial charge in [-0.05, 0) is 36.6 Å². The van der Waals surface area contributed by atoms with Crippen molar-refractivity contribution in [3.8, 4) is 0 Å². The molecule has 0 unspecified atom stereocenters. The number of amides is 1. The minimum atomic E-state index is 0.131. The highest BCUT2D eigenvalue weighted by Crippen LogP contribution is 2.18. The molecule has 3 nitrogen and oxygen atoms in total. The van der Waals surface area contributed by atoms with Crippen molar-refractivity contribution in [2.45, 2.75) is 32.2 Å². The number of carbonyl (C=O) groups excluding carboxylic acids is 1. The van der Waals surface area contributed by atoms with Crippen LogP contribution in [0.25, 0.3) is 0 Å². The third kappa shape index (κ3) is 2.72. The molecule has 1 fully saturated rings. The molecule has 0 aromatic heterocycles. The Balaban J connectivity index is 2.14. The Morgan fingerprint density at radius 2 is 2.22 bits per heavy atom. The van der Waals surface area contributed by atoms with Crippen LogP contribution in [-0.4, -0.2) is 37.0 Å². The van der Waals surface area contributed by atoms with Gasteiger partial charge in [-0.15, -0.1) is 0 Å². The number of rotatable bonds is 3. The maximum atomic E-state index is 12.4. The summed E-state index contributed by atoms with van der Waals surface area (Å²) in [6, 6.07) is 8.32. The first-order valence-corrected chi connectivity index (χ1v) is 6.67. The number of nitrogens with one attached hydrogen (secondary N) is 1. The Morgan fingerprint density at radius 1 is 1.44 bits per heavy atom. The second-order valence-electron chi connectivity index (χ2n) is 5.34. The van der Waals surface area contributed by atoms with E-state index in [1.165, 1.54) is 5.56 Å². The summed E-state index contributed by atoms with van der Waals surface area (Å²) in [5.74, 6) is 0.586. The molecule has 0 saturated carbocycles. The van der Waals surface area contributed by atoms with Crippen molar-refractivity contribution in [2.75, 3.05) is 20.1 Å². The molecule has 0 radical (unpaired) electrons. The normalized spacial score (nSPS) is 19.2. The zero-order chi connectivity index (χ0) is 13.1. The van der Waals surface area contributed by atoms with E-state index in [4.69, 9.17) is 0 Å². The van der Waals surface area contributed by atoms with E-state index in [0.29, 0.717) is 12.0 Å². The molecule has 1 amide bonds. The molecule has 0 aliphatic carbocycles. The van der Waals surface area contributed by atoms with Gasteiger partial charge in [0.05, 0.1) is 0 Å². The number of carbonyl (C=O) groups is 1. The molecule has 1 aromatic rings. The maximum absolute atomic E-state index is 12.4. The standard InChI is InChI=1S/C15H22N2O/c1-11(2)12-5-4-6-13(9-12)15(18)17(3)14-7-8-16-10-14/h4-6,9,11,14,16H,7-8,10H2,1-3H3/t14-/m0/s1. The predicted octanol–water partition coefficient (Wildman–Crippen LogP) is 2.24. The summed E-state index contributed by atoms with van der Waals surface area (Å²) < 4.78 is 0. The van der Waals surface area contributed by atoms with Crippen LogP contribution in [0.1, 0.15) is 42.1 Å². The van der Waals surface area contributed by atoms with Crippen molar-refractivity contribution in [2.24, 2.45) is 0 Å². The lowest BCUT2D eigenvalue weighted by Gasteiger charge is -2.24. The van der Waals surface area contributed by atoms with E-state index in [9.17, 15) is 4.79 Å². The molecule has 98 valence electrons. The Morgan fingerprint density at radius 3 is 2.83 bits per heavy atom. The summed E-state index contributed by atoms with van der Waals surface area (Å²) in [6.07, 6.45) is 1.05. The van der Waals surface area contributed by atoms with Crippen LogP contribution in [0.2, 0.25) is 0 Å². The fourth-order valence-corrected chi connectivity index (χ4v) is 2.37. The molecule has 2 rings (SSSR count). The van der Waals surface area contributed by atoms with Gasteiger partial charge in [-0.25, -0.2) is 0 Å². The first kappa shape index (κ1) is 13.1. The van der Waals surface area contributed by atoms with Gasteiger partial charge in [-0.3, -0.25) is 4.79 Å². The monoisotopic (exact) mass is 246 g/mol. The van der Waals surface area contributed by atoms with E-state index in [1.54, 1.807) is 0 Å². The minimum absolute atomic E-state index is 0.131. The van der Waals surface area contributed by atoms with Crippen molar-refractivity contribution in [1.82, 2.24) is 10.2 Å². The highest BCUT2D eigenvalue weighted by molar-refractivity contribution is 5.94. The highest BCUT2D eigenvalue weighted by atomic mass is 16.2. The molecular formula is C15H22N2O. The summed E-state index contributed by atoms with van der Waals surface area (Å²) >= 11 is 0. The van der Waals surface area contributed by atoms with Crippen LogP contribution < -0.4 is 5.32 Å². The molecule has 0 bridgehead atoms. The molecule has 1 saturated heterocycles. The van der Waals surface area contributed by atoms with Crippen molar-refractivity contribution in [3.63, 3.8) is 0 Å². The summed E-state index contributed by atoms with van der Waals surface area (Å²) in [5.41, 5.74) is 2.02. The minimum Gasteiger partial charge on any atom is -0.337 e. The molecule has 1 heterocycles. The number of hydrogen-bond acceptors (Lipinski definition) is 2. The van der Waals surface area contributed by atoms with Gasteiger partial charge in [-0.1, -0.05) is 26.0 Å². The Labute approximate surface area is 109 Å². The molecule has 18 heavy (non-hydrogen) atoms. The van der Waals surface area contributed by atoms with E-state index in [1.807, 2.05) is 30.1 Å². The third-order valence-electron chi connectivity index (χ3n) is 3.70. The lowest BCUT2D eigenvalue weighted by molar-refractivity contribution is 0.0743. The Kier molecular flexibility index (Phi) is 4.02. The van der Waals surface area contributed by atoms with Gasteiger partial charge < -0.3 is 10.2 Å². The molecule has 1 aliphatic rings. The van der Waals surface area contributed by atoms with Gasteiger partial charge in [0.1, 0.15) is 0 Å². The first-order chi connectivity index (χ1) is 8.59. The second-order valence-corrected chi connectivity index (χ2v) is 5.34. The first-order valence-electron chi connectivity index (χ1n) is 6.67. The fraction of sp³-hybridized carbons (Fsp3) is 0.533. The van der Waals surface area contributed by atoms with Gasteiger partial charge >= 0.3 is 0 Å². The molecule has 1 N–H and O–H groups in total. The average Bonchev–Trinajstić information content (AvgIpc) is 2.91. The smallest absolute Gasteiger partial charge is 0.253 e. The lowest BCUT2D eigenvalue weighted by Crippen LogP contribution is -2.38. The van der Waals surface area contributed by atoms with Crippen LogP contribution >= 0.6 is 0 Å². The van der Waals surface area contributed by atoms with Crippen molar-refractivity contribution in [1.29, 1.82) is 0 Å². The number of hydrogen-bond donors (Lipinski definition) is 1. The Bertz CT molecular complexity index is 422. The Hall–Kier alpha value is -1.35. The SMILES string of the molecule is CC(C)c1cccc(C(=O)N(C)[C@H]2CCNC2)c1.